The Balaban J connectivity index is 1.64. The van der Waals surface area contributed by atoms with Crippen LogP contribution in [-0.4, -0.2) is 31.0 Å². The fourth-order valence-corrected chi connectivity index (χ4v) is 4.52. The van der Waals surface area contributed by atoms with Crippen LogP contribution in [0, 0.1) is 5.41 Å². The van der Waals surface area contributed by atoms with E-state index in [1.54, 1.807) is 6.92 Å². The highest BCUT2D eigenvalue weighted by Crippen LogP contribution is 2.40. The molecule has 2 aromatic rings. The van der Waals surface area contributed by atoms with Crippen LogP contribution in [0.25, 0.3) is 11.5 Å². The molecule has 3 rings (SSSR count). The van der Waals surface area contributed by atoms with Gasteiger partial charge in [-0.15, -0.1) is 0 Å². The normalized spacial score (nSPS) is 19.2. The highest BCUT2D eigenvalue weighted by molar-refractivity contribution is 7.93. The molecule has 0 spiro atoms. The Morgan fingerprint density at radius 3 is 2.52 bits per heavy atom. The van der Waals surface area contributed by atoms with Gasteiger partial charge in [-0.25, -0.2) is 22.9 Å². The summed E-state index contributed by atoms with van der Waals surface area (Å²) in [7, 11) is -3.94. The molecule has 0 fully saturated rings. The number of carboxylic acids is 1. The van der Waals surface area contributed by atoms with Crippen LogP contribution in [0.2, 0.25) is 0 Å². The molecule has 0 amide bonds. The number of alkyl halides is 3. The van der Waals surface area contributed by atoms with Gasteiger partial charge in [0.25, 0.3) is 0 Å². The van der Waals surface area contributed by atoms with Crippen LogP contribution in [0.15, 0.2) is 57.6 Å². The van der Waals surface area contributed by atoms with E-state index in [-0.39, 0.29) is 35.8 Å². The average Bonchev–Trinajstić information content (AvgIpc) is 3.22. The van der Waals surface area contributed by atoms with Crippen molar-refractivity contribution >= 4 is 16.0 Å². The Kier molecular flexibility index (Phi) is 6.85. The number of hydrogen-bond acceptors (Lipinski definition) is 5. The lowest BCUT2D eigenvalue weighted by Crippen LogP contribution is -2.31. The number of halogens is 3. The van der Waals surface area contributed by atoms with Crippen molar-refractivity contribution in [2.45, 2.75) is 39.3 Å². The highest BCUT2D eigenvalue weighted by Gasteiger charge is 2.35. The Hall–Kier alpha value is -2.92. The largest absolute Gasteiger partial charge is 0.478 e. The van der Waals surface area contributed by atoms with E-state index in [4.69, 9.17) is 4.42 Å². The van der Waals surface area contributed by atoms with Gasteiger partial charge in [-0.1, -0.05) is 19.9 Å². The summed E-state index contributed by atoms with van der Waals surface area (Å²) < 4.78 is 71.0. The molecule has 11 heteroatoms. The molecule has 1 heterocycles. The number of nitrogens with one attached hydrogen (secondary N) is 1. The lowest BCUT2D eigenvalue weighted by atomic mass is 9.74. The first-order valence-electron chi connectivity index (χ1n) is 10.1. The van der Waals surface area contributed by atoms with Crippen molar-refractivity contribution in [2.24, 2.45) is 5.41 Å². The zero-order valence-corrected chi connectivity index (χ0v) is 18.8. The quantitative estimate of drug-likeness (QED) is 0.570. The Morgan fingerprint density at radius 2 is 1.94 bits per heavy atom. The minimum absolute atomic E-state index is 0.0278. The molecule has 0 aliphatic heterocycles. The van der Waals surface area contributed by atoms with Crippen LogP contribution in [0.5, 0.6) is 0 Å². The molecule has 1 atom stereocenters. The van der Waals surface area contributed by atoms with Crippen molar-refractivity contribution in [2.75, 3.05) is 6.54 Å². The summed E-state index contributed by atoms with van der Waals surface area (Å²) in [6, 6.07) is 4.33. The molecule has 0 saturated carbocycles. The summed E-state index contributed by atoms with van der Waals surface area (Å²) in [6.45, 7) is 3.60. The zero-order chi connectivity index (χ0) is 24.4. The molecular formula is C22H23F3N2O5S. The third kappa shape index (κ3) is 5.53. The van der Waals surface area contributed by atoms with Gasteiger partial charge in [-0.05, 0) is 43.2 Å². The number of allylic oxidation sites excluding steroid dienone is 2. The van der Waals surface area contributed by atoms with Crippen LogP contribution >= 0.6 is 0 Å². The van der Waals surface area contributed by atoms with Gasteiger partial charge in [-0.2, -0.15) is 13.2 Å². The monoisotopic (exact) mass is 484 g/mol. The number of carbonyl (C=O) groups is 1. The number of carboxylic acid groups (broad SMARTS) is 1. The van der Waals surface area contributed by atoms with E-state index in [0.29, 0.717) is 17.7 Å². The fraction of sp³-hybridized carbons (Fsp3) is 0.364. The van der Waals surface area contributed by atoms with Crippen molar-refractivity contribution in [1.29, 1.82) is 0 Å². The van der Waals surface area contributed by atoms with Gasteiger partial charge < -0.3 is 9.52 Å². The van der Waals surface area contributed by atoms with Gasteiger partial charge in [0.1, 0.15) is 6.26 Å². The molecule has 1 aromatic carbocycles. The molecule has 1 unspecified atom stereocenters. The fourth-order valence-electron chi connectivity index (χ4n) is 3.41. The molecule has 0 radical (unpaired) electrons. The number of oxazole rings is 1. The predicted molar refractivity (Wildman–Crippen MR) is 114 cm³/mol. The second-order valence-electron chi connectivity index (χ2n) is 7.95. The van der Waals surface area contributed by atoms with Gasteiger partial charge in [0.05, 0.1) is 16.2 Å². The van der Waals surface area contributed by atoms with E-state index in [2.05, 4.69) is 9.71 Å². The molecule has 33 heavy (non-hydrogen) atoms. The standard InChI is InChI=1S/C22H23F3N2O5S/c1-3-21(2)10-8-17(12-18(21)20(28)29)33(30,31)26-11-9-16-13-32-19(27-16)14-4-6-15(7-5-14)22(23,24)25/h4-8,12-13,26H,3,9-11H2,1-2H3,(H,28,29). The lowest BCUT2D eigenvalue weighted by Gasteiger charge is -2.31. The van der Waals surface area contributed by atoms with E-state index in [1.807, 2.05) is 6.92 Å². The topological polar surface area (TPSA) is 110 Å². The summed E-state index contributed by atoms with van der Waals surface area (Å²) >= 11 is 0. The molecule has 0 saturated heterocycles. The molecular weight excluding hydrogens is 461 g/mol. The number of hydrogen-bond donors (Lipinski definition) is 2. The Morgan fingerprint density at radius 1 is 1.27 bits per heavy atom. The third-order valence-electron chi connectivity index (χ3n) is 5.70. The molecule has 2 N–H and O–H groups in total. The predicted octanol–water partition coefficient (Wildman–Crippen LogP) is 4.54. The molecule has 1 aliphatic rings. The maximum Gasteiger partial charge on any atom is 0.416 e. The highest BCUT2D eigenvalue weighted by atomic mass is 32.2. The SMILES string of the molecule is CCC1(C)CC=C(S(=O)(=O)NCCc2coc(-c3ccc(C(F)(F)F)cc3)n2)C=C1C(=O)O. The number of sulfonamides is 1. The summed E-state index contributed by atoms with van der Waals surface area (Å²) in [4.78, 5) is 15.7. The zero-order valence-electron chi connectivity index (χ0n) is 17.9. The maximum absolute atomic E-state index is 12.7. The number of benzene rings is 1. The molecule has 178 valence electrons. The van der Waals surface area contributed by atoms with Crippen molar-refractivity contribution in [3.8, 4) is 11.5 Å². The van der Waals surface area contributed by atoms with Crippen molar-refractivity contribution in [3.63, 3.8) is 0 Å². The Labute approximate surface area is 189 Å². The van der Waals surface area contributed by atoms with E-state index in [0.717, 1.165) is 12.1 Å². The van der Waals surface area contributed by atoms with Gasteiger partial charge in [0, 0.05) is 29.5 Å². The van der Waals surface area contributed by atoms with Crippen LogP contribution in [0.4, 0.5) is 13.2 Å². The van der Waals surface area contributed by atoms with E-state index in [1.165, 1.54) is 30.5 Å². The molecule has 7 nitrogen and oxygen atoms in total. The number of aromatic nitrogens is 1. The van der Waals surface area contributed by atoms with Crippen LogP contribution in [0.3, 0.4) is 0 Å². The summed E-state index contributed by atoms with van der Waals surface area (Å²) in [5.41, 5.74) is -0.618. The average molecular weight is 484 g/mol. The summed E-state index contributed by atoms with van der Waals surface area (Å²) in [5, 5.41) is 9.48. The molecule has 1 aliphatic carbocycles. The van der Waals surface area contributed by atoms with Crippen LogP contribution < -0.4 is 4.72 Å². The van der Waals surface area contributed by atoms with Gasteiger partial charge in [0.15, 0.2) is 0 Å². The lowest BCUT2D eigenvalue weighted by molar-refractivity contribution is -0.137. The van der Waals surface area contributed by atoms with Crippen molar-refractivity contribution < 1.29 is 35.9 Å². The third-order valence-corrected chi connectivity index (χ3v) is 7.19. The van der Waals surface area contributed by atoms with E-state index in [9.17, 15) is 31.5 Å². The first kappa shape index (κ1) is 24.7. The summed E-state index contributed by atoms with van der Waals surface area (Å²) in [6.07, 6.45) is 0.566. The van der Waals surface area contributed by atoms with Crippen molar-refractivity contribution in [3.05, 3.63) is 64.4 Å². The minimum Gasteiger partial charge on any atom is -0.478 e. The van der Waals surface area contributed by atoms with Crippen LogP contribution in [0.1, 0.15) is 37.9 Å². The van der Waals surface area contributed by atoms with E-state index >= 15 is 0 Å². The number of rotatable bonds is 8. The number of nitrogens with zero attached hydrogens (tertiary/aromatic N) is 1. The van der Waals surface area contributed by atoms with Gasteiger partial charge in [0.2, 0.25) is 15.9 Å². The summed E-state index contributed by atoms with van der Waals surface area (Å²) in [5.74, 6) is -1.04. The first-order chi connectivity index (χ1) is 15.4. The number of aliphatic carboxylic acids is 1. The first-order valence-corrected chi connectivity index (χ1v) is 11.6. The van der Waals surface area contributed by atoms with Crippen molar-refractivity contribution in [1.82, 2.24) is 9.71 Å². The van der Waals surface area contributed by atoms with Gasteiger partial charge in [-0.3, -0.25) is 0 Å². The smallest absolute Gasteiger partial charge is 0.416 e. The molecule has 1 aromatic heterocycles. The van der Waals surface area contributed by atoms with E-state index < -0.39 is 33.1 Å². The minimum atomic E-state index is -4.44. The second-order valence-corrected chi connectivity index (χ2v) is 9.72. The van der Waals surface area contributed by atoms with Crippen LogP contribution in [-0.2, 0) is 27.4 Å². The van der Waals surface area contributed by atoms with Gasteiger partial charge >= 0.3 is 12.1 Å². The molecule has 0 bridgehead atoms. The Bertz CT molecular complexity index is 1200. The maximum atomic E-state index is 12.7. The second kappa shape index (κ2) is 9.14.